The van der Waals surface area contributed by atoms with Crippen LogP contribution >= 0.6 is 0 Å². The van der Waals surface area contributed by atoms with Crippen LogP contribution in [0.3, 0.4) is 0 Å². The van der Waals surface area contributed by atoms with E-state index >= 15 is 0 Å². The topological polar surface area (TPSA) is 48.4 Å². The Bertz CT molecular complexity index is 361. The fourth-order valence-corrected chi connectivity index (χ4v) is 1.19. The zero-order chi connectivity index (χ0) is 11.4. The summed E-state index contributed by atoms with van der Waals surface area (Å²) in [6.45, 7) is 4.02. The van der Waals surface area contributed by atoms with Crippen LogP contribution in [-0.2, 0) is 4.74 Å². The standard InChI is InChI=1S/C11H15NO3/c1-7(2)8-5-6-9(14-3)10(12-8)11(13)15-4/h5-7H,1-4H3. The van der Waals surface area contributed by atoms with Crippen LogP contribution in [0.15, 0.2) is 12.1 Å². The van der Waals surface area contributed by atoms with Gasteiger partial charge in [-0.3, -0.25) is 0 Å². The van der Waals surface area contributed by atoms with E-state index in [9.17, 15) is 4.79 Å². The number of carbonyl (C=O) groups is 1. The molecule has 0 aliphatic carbocycles. The summed E-state index contributed by atoms with van der Waals surface area (Å²) in [5.74, 6) is 0.222. The summed E-state index contributed by atoms with van der Waals surface area (Å²) in [5, 5.41) is 0. The minimum absolute atomic E-state index is 0.228. The summed E-state index contributed by atoms with van der Waals surface area (Å²) in [5.41, 5.74) is 1.07. The fourth-order valence-electron chi connectivity index (χ4n) is 1.19. The highest BCUT2D eigenvalue weighted by molar-refractivity contribution is 5.90. The SMILES string of the molecule is COC(=O)c1nc(C(C)C)ccc1OC. The predicted molar refractivity (Wildman–Crippen MR) is 56.2 cm³/mol. The van der Waals surface area contributed by atoms with Gasteiger partial charge in [-0.25, -0.2) is 9.78 Å². The van der Waals surface area contributed by atoms with Crippen LogP contribution in [0, 0.1) is 0 Å². The minimum Gasteiger partial charge on any atom is -0.494 e. The molecule has 1 aromatic heterocycles. The predicted octanol–water partition coefficient (Wildman–Crippen LogP) is 2.00. The number of hydrogen-bond acceptors (Lipinski definition) is 4. The van der Waals surface area contributed by atoms with Crippen molar-refractivity contribution >= 4 is 5.97 Å². The molecule has 82 valence electrons. The van der Waals surface area contributed by atoms with Crippen molar-refractivity contribution in [3.63, 3.8) is 0 Å². The lowest BCUT2D eigenvalue weighted by Gasteiger charge is -2.09. The van der Waals surface area contributed by atoms with E-state index in [-0.39, 0.29) is 11.6 Å². The highest BCUT2D eigenvalue weighted by atomic mass is 16.5. The van der Waals surface area contributed by atoms with E-state index in [0.717, 1.165) is 5.69 Å². The van der Waals surface area contributed by atoms with E-state index in [4.69, 9.17) is 4.74 Å². The molecular formula is C11H15NO3. The lowest BCUT2D eigenvalue weighted by Crippen LogP contribution is -2.09. The molecule has 0 aliphatic rings. The number of nitrogens with zero attached hydrogens (tertiary/aromatic N) is 1. The lowest BCUT2D eigenvalue weighted by molar-refractivity contribution is 0.0589. The van der Waals surface area contributed by atoms with Gasteiger partial charge in [0.25, 0.3) is 0 Å². The summed E-state index contributed by atoms with van der Waals surface area (Å²) in [4.78, 5) is 15.6. The number of aromatic nitrogens is 1. The van der Waals surface area contributed by atoms with Crippen molar-refractivity contribution in [2.24, 2.45) is 0 Å². The van der Waals surface area contributed by atoms with Crippen LogP contribution in [0.1, 0.15) is 35.9 Å². The molecule has 15 heavy (non-hydrogen) atoms. The normalized spacial score (nSPS) is 10.2. The fraction of sp³-hybridized carbons (Fsp3) is 0.455. The maximum absolute atomic E-state index is 11.4. The maximum atomic E-state index is 11.4. The van der Waals surface area contributed by atoms with Gasteiger partial charge in [0.2, 0.25) is 0 Å². The van der Waals surface area contributed by atoms with E-state index < -0.39 is 5.97 Å². The zero-order valence-electron chi connectivity index (χ0n) is 9.40. The van der Waals surface area contributed by atoms with Gasteiger partial charge in [-0.15, -0.1) is 0 Å². The maximum Gasteiger partial charge on any atom is 0.360 e. The van der Waals surface area contributed by atoms with Crippen molar-refractivity contribution in [3.05, 3.63) is 23.5 Å². The Kier molecular flexibility index (Phi) is 3.66. The average Bonchev–Trinajstić information content (AvgIpc) is 2.27. The number of ether oxygens (including phenoxy) is 2. The number of carbonyl (C=O) groups excluding carboxylic acids is 1. The molecule has 0 spiro atoms. The molecule has 1 aromatic rings. The molecule has 0 unspecified atom stereocenters. The summed E-state index contributed by atoms with van der Waals surface area (Å²) >= 11 is 0. The second kappa shape index (κ2) is 4.77. The van der Waals surface area contributed by atoms with Gasteiger partial charge in [-0.2, -0.15) is 0 Å². The van der Waals surface area contributed by atoms with Crippen LogP contribution in [0.5, 0.6) is 5.75 Å². The molecule has 0 saturated heterocycles. The van der Waals surface area contributed by atoms with E-state index in [2.05, 4.69) is 9.72 Å². The number of hydrogen-bond donors (Lipinski definition) is 0. The largest absolute Gasteiger partial charge is 0.494 e. The Labute approximate surface area is 89.2 Å². The first kappa shape index (κ1) is 11.5. The molecule has 4 heteroatoms. The Morgan fingerprint density at radius 1 is 1.33 bits per heavy atom. The van der Waals surface area contributed by atoms with Gasteiger partial charge < -0.3 is 9.47 Å². The van der Waals surface area contributed by atoms with Crippen molar-refractivity contribution < 1.29 is 14.3 Å². The molecule has 1 heterocycles. The van der Waals surface area contributed by atoms with Crippen LogP contribution in [0.4, 0.5) is 0 Å². The Morgan fingerprint density at radius 3 is 2.47 bits per heavy atom. The van der Waals surface area contributed by atoms with Crippen molar-refractivity contribution in [1.82, 2.24) is 4.98 Å². The molecule has 0 N–H and O–H groups in total. The quantitative estimate of drug-likeness (QED) is 0.714. The first-order valence-corrected chi connectivity index (χ1v) is 4.73. The summed E-state index contributed by atoms with van der Waals surface area (Å²) < 4.78 is 9.67. The molecule has 4 nitrogen and oxygen atoms in total. The molecule has 0 saturated carbocycles. The third-order valence-electron chi connectivity index (χ3n) is 2.07. The molecular weight excluding hydrogens is 194 g/mol. The van der Waals surface area contributed by atoms with Gasteiger partial charge in [0.1, 0.15) is 0 Å². The highest BCUT2D eigenvalue weighted by Gasteiger charge is 2.16. The van der Waals surface area contributed by atoms with Crippen LogP contribution in [-0.4, -0.2) is 25.2 Å². The number of esters is 1. The Morgan fingerprint density at radius 2 is 2.00 bits per heavy atom. The molecule has 0 amide bonds. The van der Waals surface area contributed by atoms with Gasteiger partial charge in [0.05, 0.1) is 14.2 Å². The smallest absolute Gasteiger partial charge is 0.360 e. The van der Waals surface area contributed by atoms with Crippen LogP contribution in [0.2, 0.25) is 0 Å². The number of rotatable bonds is 3. The molecule has 0 atom stereocenters. The first-order chi connectivity index (χ1) is 7.10. The summed E-state index contributed by atoms with van der Waals surface area (Å²) in [7, 11) is 2.82. The number of methoxy groups -OCH3 is 2. The molecule has 0 radical (unpaired) electrons. The third-order valence-corrected chi connectivity index (χ3v) is 2.07. The number of pyridine rings is 1. The molecule has 1 rings (SSSR count). The van der Waals surface area contributed by atoms with Gasteiger partial charge in [-0.1, -0.05) is 13.8 Å². The average molecular weight is 209 g/mol. The van der Waals surface area contributed by atoms with E-state index in [1.54, 1.807) is 6.07 Å². The van der Waals surface area contributed by atoms with Crippen LogP contribution in [0.25, 0.3) is 0 Å². The second-order valence-electron chi connectivity index (χ2n) is 3.43. The molecule has 0 aliphatic heterocycles. The monoisotopic (exact) mass is 209 g/mol. The zero-order valence-corrected chi connectivity index (χ0v) is 9.40. The third kappa shape index (κ3) is 2.46. The second-order valence-corrected chi connectivity index (χ2v) is 3.43. The minimum atomic E-state index is -0.477. The van der Waals surface area contributed by atoms with Crippen LogP contribution < -0.4 is 4.74 Å². The first-order valence-electron chi connectivity index (χ1n) is 4.73. The summed E-state index contributed by atoms with van der Waals surface area (Å²) in [6, 6.07) is 3.57. The van der Waals surface area contributed by atoms with Crippen molar-refractivity contribution in [1.29, 1.82) is 0 Å². The van der Waals surface area contributed by atoms with Gasteiger partial charge in [-0.05, 0) is 18.1 Å². The lowest BCUT2D eigenvalue weighted by atomic mass is 10.1. The summed E-state index contributed by atoms with van der Waals surface area (Å²) in [6.07, 6.45) is 0. The Balaban J connectivity index is 3.19. The van der Waals surface area contributed by atoms with Gasteiger partial charge in [0.15, 0.2) is 11.4 Å². The van der Waals surface area contributed by atoms with E-state index in [0.29, 0.717) is 5.75 Å². The van der Waals surface area contributed by atoms with E-state index in [1.807, 2.05) is 19.9 Å². The molecule has 0 bridgehead atoms. The molecule has 0 fully saturated rings. The van der Waals surface area contributed by atoms with Gasteiger partial charge >= 0.3 is 5.97 Å². The van der Waals surface area contributed by atoms with Crippen molar-refractivity contribution in [3.8, 4) is 5.75 Å². The van der Waals surface area contributed by atoms with E-state index in [1.165, 1.54) is 14.2 Å². The molecule has 0 aromatic carbocycles. The Hall–Kier alpha value is -1.58. The van der Waals surface area contributed by atoms with Crippen molar-refractivity contribution in [2.45, 2.75) is 19.8 Å². The van der Waals surface area contributed by atoms with Gasteiger partial charge in [0, 0.05) is 5.69 Å². The van der Waals surface area contributed by atoms with Crippen molar-refractivity contribution in [2.75, 3.05) is 14.2 Å². The highest BCUT2D eigenvalue weighted by Crippen LogP contribution is 2.20.